The normalized spacial score (nSPS) is 19.3. The number of amides is 2. The third kappa shape index (κ3) is 5.12. The lowest BCUT2D eigenvalue weighted by Gasteiger charge is -2.53. The third-order valence-corrected chi connectivity index (χ3v) is 5.66. The maximum atomic E-state index is 12.4. The van der Waals surface area contributed by atoms with Gasteiger partial charge >= 0.3 is 6.09 Å². The molecule has 1 spiro atoms. The predicted octanol–water partition coefficient (Wildman–Crippen LogP) is 4.32. The Hall–Kier alpha value is -1.82. The lowest BCUT2D eigenvalue weighted by molar-refractivity contribution is -0.141. The summed E-state index contributed by atoms with van der Waals surface area (Å²) in [5, 5.41) is 0. The van der Waals surface area contributed by atoms with Gasteiger partial charge in [0.15, 0.2) is 0 Å². The van der Waals surface area contributed by atoms with Gasteiger partial charge in [-0.15, -0.1) is 0 Å². The van der Waals surface area contributed by atoms with Crippen molar-refractivity contribution in [2.75, 3.05) is 26.2 Å². The summed E-state index contributed by atoms with van der Waals surface area (Å²) in [5.74, 6) is 0.0538. The molecule has 0 saturated carbocycles. The summed E-state index contributed by atoms with van der Waals surface area (Å²) >= 11 is 3.41. The summed E-state index contributed by atoms with van der Waals surface area (Å²) in [6, 6.07) is 7.86. The van der Waals surface area contributed by atoms with E-state index in [1.165, 1.54) is 0 Å². The average Bonchev–Trinajstić information content (AvgIpc) is 2.57. The molecular weight excluding hydrogens is 408 g/mol. The maximum Gasteiger partial charge on any atom is 0.410 e. The first kappa shape index (κ1) is 19.9. The number of likely N-dealkylation sites (tertiary alicyclic amines) is 2. The van der Waals surface area contributed by atoms with Crippen LogP contribution in [0.5, 0.6) is 0 Å². The topological polar surface area (TPSA) is 49.9 Å². The molecule has 2 aliphatic heterocycles. The second kappa shape index (κ2) is 7.66. The van der Waals surface area contributed by atoms with Crippen LogP contribution in [0.4, 0.5) is 4.79 Å². The zero-order chi connectivity index (χ0) is 19.7. The highest BCUT2D eigenvalue weighted by atomic mass is 79.9. The zero-order valence-corrected chi connectivity index (χ0v) is 17.8. The van der Waals surface area contributed by atoms with Crippen molar-refractivity contribution in [3.63, 3.8) is 0 Å². The minimum absolute atomic E-state index is 0.0538. The minimum Gasteiger partial charge on any atom is -0.444 e. The number of piperidine rings is 1. The Morgan fingerprint density at radius 3 is 2.22 bits per heavy atom. The Labute approximate surface area is 169 Å². The number of hydrogen-bond donors (Lipinski definition) is 0. The molecule has 0 radical (unpaired) electrons. The number of ether oxygens (including phenoxy) is 1. The molecule has 2 heterocycles. The van der Waals surface area contributed by atoms with Gasteiger partial charge in [-0.1, -0.05) is 28.1 Å². The Bertz CT molecular complexity index is 721. The quantitative estimate of drug-likeness (QED) is 0.651. The number of hydrogen-bond acceptors (Lipinski definition) is 3. The number of benzene rings is 1. The molecule has 1 aromatic carbocycles. The van der Waals surface area contributed by atoms with E-state index in [-0.39, 0.29) is 17.4 Å². The molecule has 27 heavy (non-hydrogen) atoms. The summed E-state index contributed by atoms with van der Waals surface area (Å²) in [5.41, 5.74) is 0.708. The molecule has 1 aromatic rings. The fourth-order valence-electron chi connectivity index (χ4n) is 3.57. The molecular formula is C21H27BrN2O3. The van der Waals surface area contributed by atoms with Crippen LogP contribution in [0.15, 0.2) is 34.8 Å². The van der Waals surface area contributed by atoms with Gasteiger partial charge in [-0.3, -0.25) is 4.79 Å². The summed E-state index contributed by atoms with van der Waals surface area (Å²) in [6.07, 6.45) is 5.11. The Morgan fingerprint density at radius 2 is 1.67 bits per heavy atom. The van der Waals surface area contributed by atoms with Gasteiger partial charge in [0.1, 0.15) is 5.60 Å². The number of nitrogens with zero attached hydrogens (tertiary/aromatic N) is 2. The van der Waals surface area contributed by atoms with Crippen molar-refractivity contribution < 1.29 is 14.3 Å². The highest BCUT2D eigenvalue weighted by Crippen LogP contribution is 2.40. The number of halogens is 1. The molecule has 0 aliphatic carbocycles. The Balaban J connectivity index is 1.46. The van der Waals surface area contributed by atoms with Crippen LogP contribution in [0.1, 0.15) is 39.2 Å². The molecule has 0 bridgehead atoms. The van der Waals surface area contributed by atoms with E-state index in [0.29, 0.717) is 13.1 Å². The van der Waals surface area contributed by atoms with E-state index >= 15 is 0 Å². The van der Waals surface area contributed by atoms with Crippen molar-refractivity contribution in [1.29, 1.82) is 0 Å². The van der Waals surface area contributed by atoms with E-state index in [4.69, 9.17) is 4.74 Å². The molecule has 0 atom stereocenters. The van der Waals surface area contributed by atoms with Crippen LogP contribution < -0.4 is 0 Å². The van der Waals surface area contributed by atoms with Crippen molar-refractivity contribution in [2.45, 2.75) is 39.2 Å². The van der Waals surface area contributed by atoms with Crippen LogP contribution in [-0.2, 0) is 9.53 Å². The second-order valence-corrected chi connectivity index (χ2v) is 9.46. The van der Waals surface area contributed by atoms with Crippen LogP contribution in [0.2, 0.25) is 0 Å². The molecule has 0 aromatic heterocycles. The van der Waals surface area contributed by atoms with E-state index in [9.17, 15) is 9.59 Å². The summed E-state index contributed by atoms with van der Waals surface area (Å²) in [6.45, 7) is 8.60. The van der Waals surface area contributed by atoms with Crippen LogP contribution in [0.25, 0.3) is 6.08 Å². The van der Waals surface area contributed by atoms with Gasteiger partial charge in [0.25, 0.3) is 0 Å². The molecule has 2 amide bonds. The zero-order valence-electron chi connectivity index (χ0n) is 16.2. The highest BCUT2D eigenvalue weighted by Gasteiger charge is 2.47. The molecule has 146 valence electrons. The van der Waals surface area contributed by atoms with Crippen molar-refractivity contribution in [1.82, 2.24) is 9.80 Å². The lowest BCUT2D eigenvalue weighted by atomic mass is 9.72. The fraction of sp³-hybridized carbons (Fsp3) is 0.524. The molecule has 5 nitrogen and oxygen atoms in total. The lowest BCUT2D eigenvalue weighted by Crippen LogP contribution is -2.62. The number of carbonyl (C=O) groups is 2. The molecule has 6 heteroatoms. The van der Waals surface area contributed by atoms with Gasteiger partial charge in [-0.05, 0) is 57.4 Å². The number of rotatable bonds is 2. The molecule has 2 aliphatic rings. The molecule has 2 saturated heterocycles. The molecule has 2 fully saturated rings. The van der Waals surface area contributed by atoms with E-state index in [0.717, 1.165) is 36.0 Å². The van der Waals surface area contributed by atoms with Crippen molar-refractivity contribution >= 4 is 34.0 Å². The van der Waals surface area contributed by atoms with Gasteiger partial charge in [0.2, 0.25) is 5.91 Å². The summed E-state index contributed by atoms with van der Waals surface area (Å²) in [4.78, 5) is 28.2. The average molecular weight is 435 g/mol. The summed E-state index contributed by atoms with van der Waals surface area (Å²) in [7, 11) is 0. The van der Waals surface area contributed by atoms with Crippen LogP contribution >= 0.6 is 15.9 Å². The first-order valence-electron chi connectivity index (χ1n) is 9.36. The molecule has 0 unspecified atom stereocenters. The first-order valence-corrected chi connectivity index (χ1v) is 10.2. The smallest absolute Gasteiger partial charge is 0.410 e. The Kier molecular flexibility index (Phi) is 5.65. The maximum absolute atomic E-state index is 12.4. The van der Waals surface area contributed by atoms with Gasteiger partial charge in [0, 0.05) is 42.1 Å². The SMILES string of the molecule is CC(C)(C)OC(=O)N1CCC2(CC1)CN(C(=O)C=Cc1ccc(Br)cc1)C2. The fourth-order valence-corrected chi connectivity index (χ4v) is 3.84. The largest absolute Gasteiger partial charge is 0.444 e. The van der Waals surface area contributed by atoms with E-state index in [1.54, 1.807) is 11.0 Å². The third-order valence-electron chi connectivity index (χ3n) is 5.13. The van der Waals surface area contributed by atoms with E-state index in [2.05, 4.69) is 15.9 Å². The van der Waals surface area contributed by atoms with E-state index < -0.39 is 5.60 Å². The summed E-state index contributed by atoms with van der Waals surface area (Å²) < 4.78 is 6.47. The van der Waals surface area contributed by atoms with Crippen molar-refractivity contribution in [3.8, 4) is 0 Å². The first-order chi connectivity index (χ1) is 12.7. The second-order valence-electron chi connectivity index (χ2n) is 8.55. The van der Waals surface area contributed by atoms with Gasteiger partial charge in [-0.25, -0.2) is 4.79 Å². The van der Waals surface area contributed by atoms with Gasteiger partial charge in [-0.2, -0.15) is 0 Å². The van der Waals surface area contributed by atoms with Crippen LogP contribution in [0, 0.1) is 5.41 Å². The van der Waals surface area contributed by atoms with Gasteiger partial charge < -0.3 is 14.5 Å². The van der Waals surface area contributed by atoms with E-state index in [1.807, 2.05) is 56.0 Å². The molecule has 3 rings (SSSR count). The minimum atomic E-state index is -0.465. The predicted molar refractivity (Wildman–Crippen MR) is 109 cm³/mol. The number of carbonyl (C=O) groups excluding carboxylic acids is 2. The molecule has 0 N–H and O–H groups in total. The van der Waals surface area contributed by atoms with Crippen LogP contribution in [0.3, 0.4) is 0 Å². The Morgan fingerprint density at radius 1 is 1.07 bits per heavy atom. The highest BCUT2D eigenvalue weighted by molar-refractivity contribution is 9.10. The van der Waals surface area contributed by atoms with Crippen molar-refractivity contribution in [3.05, 3.63) is 40.4 Å². The van der Waals surface area contributed by atoms with Crippen LogP contribution in [-0.4, -0.2) is 53.6 Å². The van der Waals surface area contributed by atoms with Gasteiger partial charge in [0.05, 0.1) is 0 Å². The monoisotopic (exact) mass is 434 g/mol. The van der Waals surface area contributed by atoms with Crippen molar-refractivity contribution in [2.24, 2.45) is 5.41 Å². The standard InChI is InChI=1S/C21H27BrN2O3/c1-20(2,3)27-19(26)23-12-10-21(11-13-23)14-24(15-21)18(25)9-6-16-4-7-17(22)8-5-16/h4-9H,10-15H2,1-3H3.